The van der Waals surface area contributed by atoms with Crippen LogP contribution in [-0.4, -0.2) is 0 Å². The zero-order valence-electron chi connectivity index (χ0n) is 15.0. The monoisotopic (exact) mass is 390 g/mol. The third-order valence-electron chi connectivity index (χ3n) is 6.38. The summed E-state index contributed by atoms with van der Waals surface area (Å²) in [5, 5.41) is 9.40. The summed E-state index contributed by atoms with van der Waals surface area (Å²) in [7, 11) is 0. The zero-order chi connectivity index (χ0) is 18.5. The third kappa shape index (κ3) is 1.59. The highest BCUT2D eigenvalue weighted by Crippen LogP contribution is 2.59. The summed E-state index contributed by atoms with van der Waals surface area (Å²) >= 11 is 6.68. The average Bonchev–Trinajstić information content (AvgIpc) is 3.03. The summed E-state index contributed by atoms with van der Waals surface area (Å²) < 4.78 is 0. The van der Waals surface area contributed by atoms with Crippen LogP contribution in [0.4, 0.5) is 0 Å². The molecule has 0 saturated heterocycles. The molecule has 0 amide bonds. The predicted octanol–water partition coefficient (Wildman–Crippen LogP) is 5.71. The Morgan fingerprint density at radius 2 is 1.25 bits per heavy atom. The van der Waals surface area contributed by atoms with E-state index in [0.29, 0.717) is 0 Å². The Balaban J connectivity index is 1.79. The lowest BCUT2D eigenvalue weighted by molar-refractivity contribution is 1.68. The molecule has 0 aliphatic carbocycles. The number of benzene rings is 5. The number of hydrogen-bond donors (Lipinski definition) is 0. The van der Waals surface area contributed by atoms with Gasteiger partial charge in [0.05, 0.1) is 0 Å². The summed E-state index contributed by atoms with van der Waals surface area (Å²) in [4.78, 5) is 0. The average molecular weight is 390 g/mol. The minimum atomic E-state index is -2.06. The Morgan fingerprint density at radius 3 is 2.18 bits per heavy atom. The number of fused-ring (bicyclic) bond motifs is 7. The first kappa shape index (κ1) is 15.2. The SMILES string of the molecule is S=P12c3ccc4ccccc4c3-c3cccc(c31)-c1cccc3cccc2c13. The van der Waals surface area contributed by atoms with E-state index in [9.17, 15) is 0 Å². The van der Waals surface area contributed by atoms with E-state index < -0.39 is 6.04 Å². The van der Waals surface area contributed by atoms with Crippen molar-refractivity contribution < 1.29 is 0 Å². The van der Waals surface area contributed by atoms with E-state index in [1.807, 2.05) is 0 Å². The Bertz CT molecular complexity index is 1540. The van der Waals surface area contributed by atoms with Crippen LogP contribution in [0.25, 0.3) is 43.8 Å². The fraction of sp³-hybridized carbons (Fsp3) is 0. The van der Waals surface area contributed by atoms with Crippen molar-refractivity contribution in [3.05, 3.63) is 91.0 Å². The van der Waals surface area contributed by atoms with Gasteiger partial charge in [0.2, 0.25) is 0 Å². The van der Waals surface area contributed by atoms with Gasteiger partial charge in [-0.15, -0.1) is 0 Å². The quantitative estimate of drug-likeness (QED) is 0.299. The zero-order valence-corrected chi connectivity index (χ0v) is 16.7. The second kappa shape index (κ2) is 5.00. The van der Waals surface area contributed by atoms with E-state index in [4.69, 9.17) is 11.8 Å². The van der Waals surface area contributed by atoms with Gasteiger partial charge in [0.25, 0.3) is 0 Å². The van der Waals surface area contributed by atoms with Gasteiger partial charge in [-0.25, -0.2) is 0 Å². The molecule has 1 atom stereocenters. The highest BCUT2D eigenvalue weighted by atomic mass is 32.4. The normalized spacial score (nSPS) is 18.3. The molecule has 5 aromatic rings. The molecule has 0 fully saturated rings. The van der Waals surface area contributed by atoms with Crippen LogP contribution in [0.1, 0.15) is 0 Å². The van der Waals surface area contributed by atoms with Crippen molar-refractivity contribution >= 4 is 55.3 Å². The topological polar surface area (TPSA) is 0 Å². The summed E-state index contributed by atoms with van der Waals surface area (Å²) in [5.74, 6) is 0. The van der Waals surface area contributed by atoms with Crippen molar-refractivity contribution in [3.8, 4) is 22.3 Å². The van der Waals surface area contributed by atoms with Crippen LogP contribution < -0.4 is 15.9 Å². The van der Waals surface area contributed by atoms with Gasteiger partial charge in [-0.1, -0.05) is 103 Å². The molecule has 2 aliphatic heterocycles. The van der Waals surface area contributed by atoms with Crippen LogP contribution >= 0.6 is 6.04 Å². The first-order valence-electron chi connectivity index (χ1n) is 9.57. The van der Waals surface area contributed by atoms with Crippen LogP contribution in [0, 0.1) is 0 Å². The lowest BCUT2D eigenvalue weighted by atomic mass is 9.93. The van der Waals surface area contributed by atoms with Crippen LogP contribution in [-0.2, 0) is 11.8 Å². The van der Waals surface area contributed by atoms with Gasteiger partial charge in [0.1, 0.15) is 0 Å². The van der Waals surface area contributed by atoms with Gasteiger partial charge in [-0.3, -0.25) is 0 Å². The van der Waals surface area contributed by atoms with Crippen LogP contribution in [0.3, 0.4) is 0 Å². The van der Waals surface area contributed by atoms with Gasteiger partial charge >= 0.3 is 0 Å². The molecular formula is C26H15PS. The highest BCUT2D eigenvalue weighted by molar-refractivity contribution is 8.26. The van der Waals surface area contributed by atoms with Crippen molar-refractivity contribution in [3.63, 3.8) is 0 Å². The van der Waals surface area contributed by atoms with Gasteiger partial charge in [0, 0.05) is 22.0 Å². The van der Waals surface area contributed by atoms with Crippen molar-refractivity contribution in [2.45, 2.75) is 0 Å². The van der Waals surface area contributed by atoms with Crippen molar-refractivity contribution in [1.29, 1.82) is 0 Å². The maximum Gasteiger partial charge on any atom is 0.0404 e. The summed E-state index contributed by atoms with van der Waals surface area (Å²) in [6, 6.07) is 31.3. The van der Waals surface area contributed by atoms with E-state index in [0.717, 1.165) is 0 Å². The maximum atomic E-state index is 6.68. The molecule has 2 heterocycles. The molecule has 28 heavy (non-hydrogen) atoms. The standard InChI is InChI=1S/C26H15PS/c28-27-22-13-4-8-17-7-3-10-19(24(17)22)20-11-5-12-21(26(20)27)25-18-9-2-1-6-16(18)14-15-23(25)27/h1-15H. The van der Waals surface area contributed by atoms with E-state index in [1.165, 1.54) is 59.7 Å². The molecule has 7 rings (SSSR count). The molecular weight excluding hydrogens is 375 g/mol. The number of rotatable bonds is 0. The summed E-state index contributed by atoms with van der Waals surface area (Å²) in [5.41, 5.74) is 5.38. The molecule has 130 valence electrons. The van der Waals surface area contributed by atoms with Gasteiger partial charge in [-0.05, 0) is 43.8 Å². The predicted molar refractivity (Wildman–Crippen MR) is 126 cm³/mol. The molecule has 0 aromatic heterocycles. The van der Waals surface area contributed by atoms with Gasteiger partial charge in [-0.2, -0.15) is 0 Å². The third-order valence-corrected chi connectivity index (χ3v) is 11.3. The Labute approximate surface area is 168 Å². The molecule has 2 aliphatic rings. The summed E-state index contributed by atoms with van der Waals surface area (Å²) in [6.07, 6.45) is 0. The lowest BCUT2D eigenvalue weighted by Crippen LogP contribution is -2.26. The van der Waals surface area contributed by atoms with E-state index in [1.54, 1.807) is 0 Å². The van der Waals surface area contributed by atoms with Crippen molar-refractivity contribution in [1.82, 2.24) is 0 Å². The fourth-order valence-corrected chi connectivity index (χ4v) is 10.3. The molecule has 0 spiro atoms. The smallest absolute Gasteiger partial charge is 0.0404 e. The minimum absolute atomic E-state index is 1.29. The molecule has 0 saturated carbocycles. The maximum absolute atomic E-state index is 6.68. The molecule has 5 aromatic carbocycles. The Hall–Kier alpha value is -2.73. The summed E-state index contributed by atoms with van der Waals surface area (Å²) in [6.45, 7) is 0. The van der Waals surface area contributed by atoms with E-state index in [2.05, 4.69) is 91.0 Å². The molecule has 1 unspecified atom stereocenters. The molecule has 0 bridgehead atoms. The van der Waals surface area contributed by atoms with Crippen LogP contribution in [0.5, 0.6) is 0 Å². The number of hydrogen-bond acceptors (Lipinski definition) is 1. The van der Waals surface area contributed by atoms with E-state index in [-0.39, 0.29) is 0 Å². The van der Waals surface area contributed by atoms with Gasteiger partial charge < -0.3 is 0 Å². The fourth-order valence-electron chi connectivity index (χ4n) is 5.29. The first-order chi connectivity index (χ1) is 13.8. The second-order valence-electron chi connectivity index (χ2n) is 7.67. The Kier molecular flexibility index (Phi) is 2.72. The first-order valence-corrected chi connectivity index (χ1v) is 12.4. The van der Waals surface area contributed by atoms with Crippen molar-refractivity contribution in [2.75, 3.05) is 0 Å². The largest absolute Gasteiger partial charge is 0.0825 e. The second-order valence-corrected chi connectivity index (χ2v) is 11.9. The van der Waals surface area contributed by atoms with E-state index >= 15 is 0 Å². The lowest BCUT2D eigenvalue weighted by Gasteiger charge is -2.29. The highest BCUT2D eigenvalue weighted by Gasteiger charge is 2.42. The molecule has 0 radical (unpaired) electrons. The van der Waals surface area contributed by atoms with Gasteiger partial charge in [0.15, 0.2) is 0 Å². The van der Waals surface area contributed by atoms with Crippen LogP contribution in [0.2, 0.25) is 0 Å². The Morgan fingerprint density at radius 1 is 0.536 bits per heavy atom. The molecule has 0 N–H and O–H groups in total. The van der Waals surface area contributed by atoms with Crippen molar-refractivity contribution in [2.24, 2.45) is 0 Å². The molecule has 2 heteroatoms. The molecule has 0 nitrogen and oxygen atoms in total. The van der Waals surface area contributed by atoms with Crippen LogP contribution in [0.15, 0.2) is 91.0 Å². The minimum Gasteiger partial charge on any atom is -0.0825 e.